The zero-order valence-corrected chi connectivity index (χ0v) is 22.0. The van der Waals surface area contributed by atoms with E-state index in [1.807, 2.05) is 6.19 Å². The van der Waals surface area contributed by atoms with Crippen molar-refractivity contribution in [2.24, 2.45) is 16.8 Å². The Balaban J connectivity index is 1.13. The zero-order chi connectivity index (χ0) is 25.1. The second kappa shape index (κ2) is 8.69. The largest absolute Gasteiger partial charge is 0.371 e. The Hall–Kier alpha value is -3.19. The first kappa shape index (κ1) is 23.0. The van der Waals surface area contributed by atoms with Crippen molar-refractivity contribution in [3.63, 3.8) is 0 Å². The molecule has 0 spiro atoms. The molecule has 0 bridgehead atoms. The number of rotatable bonds is 5. The Kier molecular flexibility index (Phi) is 5.39. The van der Waals surface area contributed by atoms with Crippen molar-refractivity contribution in [1.82, 2.24) is 15.3 Å². The van der Waals surface area contributed by atoms with Gasteiger partial charge in [-0.3, -0.25) is 14.5 Å². The van der Waals surface area contributed by atoms with Gasteiger partial charge in [-0.1, -0.05) is 6.07 Å². The van der Waals surface area contributed by atoms with E-state index >= 15 is 0 Å². The van der Waals surface area contributed by atoms with Gasteiger partial charge in [0.05, 0.1) is 22.0 Å². The molecule has 37 heavy (non-hydrogen) atoms. The Morgan fingerprint density at radius 3 is 2.49 bits per heavy atom. The van der Waals surface area contributed by atoms with Gasteiger partial charge in [0.1, 0.15) is 16.5 Å². The van der Waals surface area contributed by atoms with Crippen molar-refractivity contribution in [3.05, 3.63) is 35.0 Å². The molecule has 0 radical (unpaired) electrons. The van der Waals surface area contributed by atoms with Crippen LogP contribution in [0.1, 0.15) is 36.1 Å². The van der Waals surface area contributed by atoms with Gasteiger partial charge in [0.2, 0.25) is 5.95 Å². The third-order valence-corrected chi connectivity index (χ3v) is 10.5. The maximum atomic E-state index is 12.9. The summed E-state index contributed by atoms with van der Waals surface area (Å²) in [5.41, 5.74) is 4.82. The van der Waals surface area contributed by atoms with Crippen molar-refractivity contribution in [1.29, 1.82) is 5.26 Å². The fourth-order valence-corrected chi connectivity index (χ4v) is 8.08. The first-order valence-electron chi connectivity index (χ1n) is 13.4. The second-order valence-corrected chi connectivity index (χ2v) is 12.6. The van der Waals surface area contributed by atoms with Crippen LogP contribution in [-0.4, -0.2) is 64.5 Å². The Morgan fingerprint density at radius 2 is 1.86 bits per heavy atom. The van der Waals surface area contributed by atoms with Gasteiger partial charge in [-0.25, -0.2) is 4.98 Å². The molecule has 3 fully saturated rings. The molecule has 0 amide bonds. The van der Waals surface area contributed by atoms with Crippen molar-refractivity contribution in [3.8, 4) is 6.19 Å². The molecule has 10 heteroatoms. The number of aliphatic imine (C=N–C) groups is 1. The van der Waals surface area contributed by atoms with Crippen LogP contribution in [0.25, 0.3) is 0 Å². The van der Waals surface area contributed by atoms with Crippen LogP contribution in [0.3, 0.4) is 0 Å². The van der Waals surface area contributed by atoms with E-state index in [1.165, 1.54) is 29.7 Å². The number of nitrogens with one attached hydrogen (secondary N) is 2. The summed E-state index contributed by atoms with van der Waals surface area (Å²) in [6.07, 6.45) is 7.90. The Bertz CT molecular complexity index is 1350. The minimum atomic E-state index is -1.12. The van der Waals surface area contributed by atoms with E-state index in [1.54, 1.807) is 7.05 Å². The SMILES string of the molecule is CN=C(NC#N)C1(Nc2nc(N3CC4CN(c5ccc6c(c5)CC6)CC4C3)nc3c2[S@@](=O)CC3)CCC1. The van der Waals surface area contributed by atoms with Gasteiger partial charge in [0.25, 0.3) is 0 Å². The molecule has 2 aromatic rings. The number of amidine groups is 1. The van der Waals surface area contributed by atoms with Gasteiger partial charge < -0.3 is 15.1 Å². The maximum absolute atomic E-state index is 12.9. The summed E-state index contributed by atoms with van der Waals surface area (Å²) in [5, 5.41) is 15.6. The standard InChI is InChI=1S/C27H32N8OS/c1-29-25(30-16-28)27(8-2-9-27)33-24-23-22(7-10-37(23)36)31-26(32-24)35-14-19-12-34(13-20(19)15-35)21-6-5-17-3-4-18(17)11-21/h5-6,11,19-20H,2-4,7-10,12-15H2,1H3,(H,29,30)(H,31,32,33)/t19?,20?,37-/m0/s1. The number of anilines is 3. The maximum Gasteiger partial charge on any atom is 0.227 e. The fourth-order valence-electron chi connectivity index (χ4n) is 6.78. The molecule has 2 saturated heterocycles. The third kappa shape index (κ3) is 3.69. The van der Waals surface area contributed by atoms with E-state index in [-0.39, 0.29) is 0 Å². The molecule has 3 aliphatic heterocycles. The van der Waals surface area contributed by atoms with Crippen LogP contribution < -0.4 is 20.4 Å². The number of hydrogen-bond donors (Lipinski definition) is 2. The summed E-state index contributed by atoms with van der Waals surface area (Å²) < 4.78 is 12.9. The van der Waals surface area contributed by atoms with Crippen molar-refractivity contribution < 1.29 is 4.21 Å². The summed E-state index contributed by atoms with van der Waals surface area (Å²) in [6, 6.07) is 7.00. The van der Waals surface area contributed by atoms with E-state index < -0.39 is 16.3 Å². The first-order chi connectivity index (χ1) is 18.1. The van der Waals surface area contributed by atoms with Crippen LogP contribution in [0.4, 0.5) is 17.5 Å². The molecule has 2 aliphatic carbocycles. The highest BCUT2D eigenvalue weighted by atomic mass is 32.2. The smallest absolute Gasteiger partial charge is 0.227 e. The molecule has 1 aromatic heterocycles. The van der Waals surface area contributed by atoms with Crippen LogP contribution in [0.15, 0.2) is 28.1 Å². The fraction of sp³-hybridized carbons (Fsp3) is 0.556. The second-order valence-electron chi connectivity index (χ2n) is 11.1. The lowest BCUT2D eigenvalue weighted by atomic mass is 9.75. The highest BCUT2D eigenvalue weighted by Gasteiger charge is 2.45. The summed E-state index contributed by atoms with van der Waals surface area (Å²) in [5.74, 6) is 3.76. The van der Waals surface area contributed by atoms with Crippen LogP contribution in [-0.2, 0) is 30.1 Å². The number of nitrogens with zero attached hydrogens (tertiary/aromatic N) is 6. The summed E-state index contributed by atoms with van der Waals surface area (Å²) in [6.45, 7) is 4.02. The predicted octanol–water partition coefficient (Wildman–Crippen LogP) is 2.25. The van der Waals surface area contributed by atoms with E-state index in [0.29, 0.717) is 35.7 Å². The van der Waals surface area contributed by atoms with E-state index in [4.69, 9.17) is 9.97 Å². The van der Waals surface area contributed by atoms with Crippen molar-refractivity contribution >= 4 is 34.1 Å². The highest BCUT2D eigenvalue weighted by molar-refractivity contribution is 7.85. The molecule has 1 saturated carbocycles. The molecular weight excluding hydrogens is 484 g/mol. The summed E-state index contributed by atoms with van der Waals surface area (Å²) in [4.78, 5) is 19.9. The van der Waals surface area contributed by atoms with Crippen molar-refractivity contribution in [2.75, 3.05) is 54.1 Å². The van der Waals surface area contributed by atoms with Crippen molar-refractivity contribution in [2.45, 2.75) is 49.0 Å². The van der Waals surface area contributed by atoms with E-state index in [2.05, 4.69) is 43.6 Å². The number of fused-ring (bicyclic) bond motifs is 3. The molecule has 9 nitrogen and oxygen atoms in total. The topological polar surface area (TPSA) is 110 Å². The van der Waals surface area contributed by atoms with E-state index in [0.717, 1.165) is 62.0 Å². The lowest BCUT2D eigenvalue weighted by Gasteiger charge is -2.43. The molecular formula is C27H32N8OS. The molecule has 192 valence electrons. The normalized spacial score (nSPS) is 27.0. The van der Waals surface area contributed by atoms with Gasteiger partial charge in [0, 0.05) is 62.9 Å². The number of nitriles is 1. The molecule has 7 rings (SSSR count). The van der Waals surface area contributed by atoms with Gasteiger partial charge in [-0.05, 0) is 55.4 Å². The van der Waals surface area contributed by atoms with Gasteiger partial charge >= 0.3 is 0 Å². The summed E-state index contributed by atoms with van der Waals surface area (Å²) >= 11 is 0. The average molecular weight is 517 g/mol. The lowest BCUT2D eigenvalue weighted by molar-refractivity contribution is 0.365. The van der Waals surface area contributed by atoms with Gasteiger partial charge in [0.15, 0.2) is 6.19 Å². The molecule has 2 N–H and O–H groups in total. The first-order valence-corrected chi connectivity index (χ1v) is 14.7. The molecule has 1 aromatic carbocycles. The minimum absolute atomic E-state index is 0.477. The number of aromatic nitrogens is 2. The molecule has 5 aliphatic rings. The van der Waals surface area contributed by atoms with Gasteiger partial charge in [-0.15, -0.1) is 0 Å². The van der Waals surface area contributed by atoms with Crippen LogP contribution in [0.5, 0.6) is 0 Å². The number of benzene rings is 1. The molecule has 2 unspecified atom stereocenters. The molecule has 3 atom stereocenters. The average Bonchev–Trinajstić information content (AvgIpc) is 3.54. The lowest BCUT2D eigenvalue weighted by Crippen LogP contribution is -2.56. The number of aryl methyl sites for hydroxylation is 3. The van der Waals surface area contributed by atoms with Crippen LogP contribution in [0, 0.1) is 23.3 Å². The summed E-state index contributed by atoms with van der Waals surface area (Å²) in [7, 11) is 0.579. The van der Waals surface area contributed by atoms with Crippen LogP contribution >= 0.6 is 0 Å². The predicted molar refractivity (Wildman–Crippen MR) is 145 cm³/mol. The monoisotopic (exact) mass is 516 g/mol. The third-order valence-electron chi connectivity index (χ3n) is 9.08. The zero-order valence-electron chi connectivity index (χ0n) is 21.2. The Labute approximate surface area is 219 Å². The van der Waals surface area contributed by atoms with E-state index in [9.17, 15) is 9.47 Å². The molecule has 4 heterocycles. The van der Waals surface area contributed by atoms with Crippen LogP contribution in [0.2, 0.25) is 0 Å². The number of hydrogen-bond acceptors (Lipinski definition) is 8. The quantitative estimate of drug-likeness (QED) is 0.270. The Morgan fingerprint density at radius 1 is 1.11 bits per heavy atom. The van der Waals surface area contributed by atoms with Gasteiger partial charge in [-0.2, -0.15) is 10.2 Å². The minimum Gasteiger partial charge on any atom is -0.371 e. The highest BCUT2D eigenvalue weighted by Crippen LogP contribution is 2.41.